The Bertz CT molecular complexity index is 452. The molecule has 1 aromatic carbocycles. The summed E-state index contributed by atoms with van der Waals surface area (Å²) in [5, 5.41) is 0. The van der Waals surface area contributed by atoms with Crippen LogP contribution in [0.1, 0.15) is 5.56 Å². The van der Waals surface area contributed by atoms with Crippen molar-refractivity contribution in [3.05, 3.63) is 34.1 Å². The number of nitrogens with one attached hydrogen (secondary N) is 1. The van der Waals surface area contributed by atoms with Gasteiger partial charge in [0, 0.05) is 10.5 Å². The summed E-state index contributed by atoms with van der Waals surface area (Å²) in [5.74, 6) is 0.394. The second kappa shape index (κ2) is 6.49. The Kier molecular flexibility index (Phi) is 5.62. The zero-order chi connectivity index (χ0) is 16.4. The van der Waals surface area contributed by atoms with Crippen molar-refractivity contribution in [1.82, 2.24) is 5.43 Å². The maximum absolute atomic E-state index is 13.1. The fourth-order valence-corrected chi connectivity index (χ4v) is 2.41. The zero-order valence-electron chi connectivity index (χ0n) is 10.2. The summed E-state index contributed by atoms with van der Waals surface area (Å²) in [6, 6.07) is 0.925. The van der Waals surface area contributed by atoms with Crippen LogP contribution in [0.3, 0.4) is 0 Å². The fourth-order valence-electron chi connectivity index (χ4n) is 1.90. The quantitative estimate of drug-likeness (QED) is 0.473. The molecule has 0 aromatic heterocycles. The molecule has 120 valence electrons. The minimum atomic E-state index is -5.53. The smallest absolute Gasteiger partial charge is 0.271 e. The summed E-state index contributed by atoms with van der Waals surface area (Å²) in [6.07, 6.45) is -11.8. The molecule has 0 aliphatic heterocycles. The number of benzene rings is 1. The van der Waals surface area contributed by atoms with Gasteiger partial charge in [-0.3, -0.25) is 11.3 Å². The first kappa shape index (κ1) is 18.2. The average Bonchev–Trinajstić information content (AvgIpc) is 2.22. The highest BCUT2D eigenvalue weighted by Gasteiger charge is 2.59. The molecule has 0 radical (unpaired) electrons. The van der Waals surface area contributed by atoms with Crippen molar-refractivity contribution in [3.63, 3.8) is 0 Å². The van der Waals surface area contributed by atoms with E-state index in [2.05, 4.69) is 15.9 Å². The third kappa shape index (κ3) is 5.11. The van der Waals surface area contributed by atoms with Crippen LogP contribution < -0.4 is 11.3 Å². The van der Waals surface area contributed by atoms with E-state index in [1.165, 1.54) is 11.5 Å². The molecule has 0 saturated carbocycles. The predicted octanol–water partition coefficient (Wildman–Crippen LogP) is 3.70. The first-order valence-corrected chi connectivity index (χ1v) is 6.29. The molecule has 0 spiro atoms. The van der Waals surface area contributed by atoms with Gasteiger partial charge in [0.25, 0.3) is 0 Å². The summed E-state index contributed by atoms with van der Waals surface area (Å²) < 4.78 is 89.0. The Labute approximate surface area is 123 Å². The van der Waals surface area contributed by atoms with Gasteiger partial charge in [-0.1, -0.05) is 15.9 Å². The first-order valence-electron chi connectivity index (χ1n) is 5.49. The maximum atomic E-state index is 13.1. The van der Waals surface area contributed by atoms with Gasteiger partial charge in [-0.2, -0.15) is 26.3 Å². The summed E-state index contributed by atoms with van der Waals surface area (Å²) in [7, 11) is 0. The molecule has 21 heavy (non-hydrogen) atoms. The number of alkyl halides is 6. The minimum absolute atomic E-state index is 0.0525. The van der Waals surface area contributed by atoms with E-state index in [1.54, 1.807) is 0 Å². The molecular formula is C11H10BrF7N2. The Hall–Kier alpha value is -0.870. The third-order valence-corrected chi connectivity index (χ3v) is 3.16. The standard InChI is InChI=1S/C11H10BrF7N2/c12-6-1-5(2-7(13)4-6)3-8(21-20)9(10(14,15)16)11(17,18)19/h1-2,4,8-9,21H,3,20H2. The second-order valence-corrected chi connectivity index (χ2v) is 5.23. The second-order valence-electron chi connectivity index (χ2n) is 4.32. The lowest BCUT2D eigenvalue weighted by Gasteiger charge is -2.30. The van der Waals surface area contributed by atoms with E-state index in [0.29, 0.717) is 0 Å². The van der Waals surface area contributed by atoms with Crippen molar-refractivity contribution in [2.24, 2.45) is 11.8 Å². The van der Waals surface area contributed by atoms with E-state index in [0.717, 1.165) is 12.1 Å². The highest BCUT2D eigenvalue weighted by atomic mass is 79.9. The maximum Gasteiger partial charge on any atom is 0.402 e. The van der Waals surface area contributed by atoms with E-state index < -0.39 is 36.6 Å². The monoisotopic (exact) mass is 382 g/mol. The summed E-state index contributed by atoms with van der Waals surface area (Å²) in [5.41, 5.74) is 1.47. The van der Waals surface area contributed by atoms with Crippen molar-refractivity contribution in [3.8, 4) is 0 Å². The summed E-state index contributed by atoms with van der Waals surface area (Å²) in [4.78, 5) is 0. The number of nitrogens with two attached hydrogens (primary N) is 1. The van der Waals surface area contributed by atoms with Gasteiger partial charge < -0.3 is 0 Å². The van der Waals surface area contributed by atoms with Crippen LogP contribution in [0.4, 0.5) is 30.7 Å². The molecule has 2 nitrogen and oxygen atoms in total. The lowest BCUT2D eigenvalue weighted by atomic mass is 9.92. The largest absolute Gasteiger partial charge is 0.402 e. The molecule has 0 amide bonds. The molecule has 0 aliphatic carbocycles. The predicted molar refractivity (Wildman–Crippen MR) is 64.5 cm³/mol. The van der Waals surface area contributed by atoms with Crippen LogP contribution in [0.5, 0.6) is 0 Å². The normalized spacial score (nSPS) is 14.6. The van der Waals surface area contributed by atoms with Crippen LogP contribution >= 0.6 is 15.9 Å². The SMILES string of the molecule is NNC(Cc1cc(F)cc(Br)c1)C(C(F)(F)F)C(F)(F)F. The Morgan fingerprint density at radius 3 is 1.95 bits per heavy atom. The average molecular weight is 383 g/mol. The molecule has 0 heterocycles. The van der Waals surface area contributed by atoms with Crippen molar-refractivity contribution in [1.29, 1.82) is 0 Å². The molecule has 1 rings (SSSR count). The summed E-state index contributed by atoms with van der Waals surface area (Å²) in [6.45, 7) is 0. The van der Waals surface area contributed by atoms with Gasteiger partial charge in [0.05, 0.1) is 0 Å². The van der Waals surface area contributed by atoms with Gasteiger partial charge >= 0.3 is 12.4 Å². The number of hydrogen-bond donors (Lipinski definition) is 2. The van der Waals surface area contributed by atoms with Gasteiger partial charge in [-0.05, 0) is 30.2 Å². The van der Waals surface area contributed by atoms with Crippen molar-refractivity contribution in [2.45, 2.75) is 24.8 Å². The van der Waals surface area contributed by atoms with Crippen LogP contribution in [0.2, 0.25) is 0 Å². The highest BCUT2D eigenvalue weighted by molar-refractivity contribution is 9.10. The van der Waals surface area contributed by atoms with Gasteiger partial charge in [0.15, 0.2) is 5.92 Å². The van der Waals surface area contributed by atoms with Crippen molar-refractivity contribution >= 4 is 15.9 Å². The number of hydrogen-bond acceptors (Lipinski definition) is 2. The number of hydrazine groups is 1. The topological polar surface area (TPSA) is 38.0 Å². The van der Waals surface area contributed by atoms with E-state index in [9.17, 15) is 30.7 Å². The van der Waals surface area contributed by atoms with E-state index >= 15 is 0 Å². The van der Waals surface area contributed by atoms with E-state index in [1.807, 2.05) is 0 Å². The Morgan fingerprint density at radius 2 is 1.57 bits per heavy atom. The lowest BCUT2D eigenvalue weighted by Crippen LogP contribution is -2.54. The highest BCUT2D eigenvalue weighted by Crippen LogP contribution is 2.42. The molecule has 10 heteroatoms. The first-order chi connectivity index (χ1) is 9.45. The molecular weight excluding hydrogens is 373 g/mol. The van der Waals surface area contributed by atoms with Crippen LogP contribution in [0, 0.1) is 11.7 Å². The number of halogens is 8. The molecule has 1 aromatic rings. The molecule has 0 fully saturated rings. The van der Waals surface area contributed by atoms with Crippen molar-refractivity contribution in [2.75, 3.05) is 0 Å². The third-order valence-electron chi connectivity index (χ3n) is 2.70. The van der Waals surface area contributed by atoms with Gasteiger partial charge in [0.2, 0.25) is 0 Å². The van der Waals surface area contributed by atoms with Crippen molar-refractivity contribution < 1.29 is 30.7 Å². The molecule has 3 N–H and O–H groups in total. The van der Waals surface area contributed by atoms with E-state index in [4.69, 9.17) is 5.84 Å². The van der Waals surface area contributed by atoms with Crippen LogP contribution in [-0.2, 0) is 6.42 Å². The van der Waals surface area contributed by atoms with Gasteiger partial charge in [-0.25, -0.2) is 4.39 Å². The molecule has 1 unspecified atom stereocenters. The Balaban J connectivity index is 3.10. The van der Waals surface area contributed by atoms with Gasteiger partial charge in [0.1, 0.15) is 5.82 Å². The van der Waals surface area contributed by atoms with Crippen LogP contribution in [0.15, 0.2) is 22.7 Å². The molecule has 0 saturated heterocycles. The number of rotatable bonds is 4. The zero-order valence-corrected chi connectivity index (χ0v) is 11.8. The minimum Gasteiger partial charge on any atom is -0.271 e. The van der Waals surface area contributed by atoms with E-state index in [-0.39, 0.29) is 10.0 Å². The van der Waals surface area contributed by atoms with Crippen LogP contribution in [0.25, 0.3) is 0 Å². The molecule has 0 aliphatic rings. The lowest BCUT2D eigenvalue weighted by molar-refractivity contribution is -0.291. The summed E-state index contributed by atoms with van der Waals surface area (Å²) >= 11 is 2.90. The molecule has 1 atom stereocenters. The Morgan fingerprint density at radius 1 is 1.05 bits per heavy atom. The van der Waals surface area contributed by atoms with Crippen LogP contribution in [-0.4, -0.2) is 18.4 Å². The fraction of sp³-hybridized carbons (Fsp3) is 0.455. The molecule has 0 bridgehead atoms. The van der Waals surface area contributed by atoms with Gasteiger partial charge in [-0.15, -0.1) is 0 Å².